The van der Waals surface area contributed by atoms with Crippen molar-refractivity contribution < 1.29 is 0 Å². The van der Waals surface area contributed by atoms with Gasteiger partial charge in [-0.15, -0.1) is 0 Å². The van der Waals surface area contributed by atoms with Crippen LogP contribution >= 0.6 is 0 Å². The zero-order chi connectivity index (χ0) is 13.7. The van der Waals surface area contributed by atoms with Crippen LogP contribution in [0.15, 0.2) is 6.20 Å². The second-order valence-corrected chi connectivity index (χ2v) is 6.11. The maximum atomic E-state index is 4.77. The Hall–Kier alpha value is -0.960. The Bertz CT molecular complexity index is 401. The van der Waals surface area contributed by atoms with Crippen molar-refractivity contribution in [1.29, 1.82) is 0 Å². The minimum atomic E-state index is 0.726. The molecule has 1 aliphatic carbocycles. The molecule has 0 radical (unpaired) electrons. The van der Waals surface area contributed by atoms with Gasteiger partial charge in [-0.3, -0.25) is 0 Å². The van der Waals surface area contributed by atoms with Crippen molar-refractivity contribution in [2.24, 2.45) is 11.8 Å². The second-order valence-electron chi connectivity index (χ2n) is 6.11. The van der Waals surface area contributed by atoms with Crippen molar-refractivity contribution in [1.82, 2.24) is 15.3 Å². The quantitative estimate of drug-likeness (QED) is 0.855. The average Bonchev–Trinajstić information content (AvgIpc) is 2.42. The Morgan fingerprint density at radius 3 is 3.00 bits per heavy atom. The Morgan fingerprint density at radius 1 is 1.42 bits per heavy atom. The van der Waals surface area contributed by atoms with Gasteiger partial charge in [0.1, 0.15) is 5.82 Å². The predicted molar refractivity (Wildman–Crippen MR) is 79.2 cm³/mol. The van der Waals surface area contributed by atoms with E-state index in [1.54, 1.807) is 0 Å². The average molecular weight is 261 g/mol. The summed E-state index contributed by atoms with van der Waals surface area (Å²) in [7, 11) is 0. The topological polar surface area (TPSA) is 37.8 Å². The number of fused-ring (bicyclic) bond motifs is 1. The van der Waals surface area contributed by atoms with E-state index in [9.17, 15) is 0 Å². The molecule has 1 N–H and O–H groups in total. The molecule has 0 bridgehead atoms. The van der Waals surface area contributed by atoms with Crippen LogP contribution < -0.4 is 5.32 Å². The molecule has 0 aromatic carbocycles. The standard InChI is InChI=1S/C16H27N3/c1-4-17-10-13-6-7-15-14(9-13)11-18-16(19-15)8-5-12(2)3/h11-13,17H,4-10H2,1-3H3. The van der Waals surface area contributed by atoms with E-state index in [1.807, 2.05) is 0 Å². The molecule has 106 valence electrons. The van der Waals surface area contributed by atoms with E-state index in [0.717, 1.165) is 50.0 Å². The minimum absolute atomic E-state index is 0.726. The summed E-state index contributed by atoms with van der Waals surface area (Å²) >= 11 is 0. The number of aryl methyl sites for hydroxylation is 2. The third-order valence-electron chi connectivity index (χ3n) is 3.93. The van der Waals surface area contributed by atoms with Crippen molar-refractivity contribution in [3.8, 4) is 0 Å². The van der Waals surface area contributed by atoms with Crippen molar-refractivity contribution in [3.63, 3.8) is 0 Å². The molecule has 0 amide bonds. The fourth-order valence-electron chi connectivity index (χ4n) is 2.69. The lowest BCUT2D eigenvalue weighted by atomic mass is 9.87. The first-order valence-electron chi connectivity index (χ1n) is 7.73. The molecular weight excluding hydrogens is 234 g/mol. The van der Waals surface area contributed by atoms with E-state index in [2.05, 4.69) is 37.3 Å². The molecular formula is C16H27N3. The van der Waals surface area contributed by atoms with E-state index >= 15 is 0 Å². The molecule has 1 heterocycles. The summed E-state index contributed by atoms with van der Waals surface area (Å²) in [6.07, 6.45) is 7.82. The molecule has 1 unspecified atom stereocenters. The summed E-state index contributed by atoms with van der Waals surface area (Å²) in [4.78, 5) is 9.32. The molecule has 1 atom stereocenters. The van der Waals surface area contributed by atoms with E-state index in [1.165, 1.54) is 24.1 Å². The molecule has 1 aromatic rings. The lowest BCUT2D eigenvalue weighted by Gasteiger charge is -2.24. The zero-order valence-corrected chi connectivity index (χ0v) is 12.6. The molecule has 1 aromatic heterocycles. The molecule has 3 heteroatoms. The number of rotatable bonds is 6. The molecule has 3 nitrogen and oxygen atoms in total. The number of hydrogen-bond donors (Lipinski definition) is 1. The highest BCUT2D eigenvalue weighted by molar-refractivity contribution is 5.21. The lowest BCUT2D eigenvalue weighted by molar-refractivity contribution is 0.423. The van der Waals surface area contributed by atoms with Crippen molar-refractivity contribution in [3.05, 3.63) is 23.3 Å². The molecule has 0 spiro atoms. The fraction of sp³-hybridized carbons (Fsp3) is 0.750. The first kappa shape index (κ1) is 14.4. The zero-order valence-electron chi connectivity index (χ0n) is 12.6. The van der Waals surface area contributed by atoms with Crippen LogP contribution in [0.5, 0.6) is 0 Å². The maximum absolute atomic E-state index is 4.77. The van der Waals surface area contributed by atoms with Crippen molar-refractivity contribution >= 4 is 0 Å². The fourth-order valence-corrected chi connectivity index (χ4v) is 2.69. The van der Waals surface area contributed by atoms with Gasteiger partial charge in [-0.2, -0.15) is 0 Å². The van der Waals surface area contributed by atoms with Gasteiger partial charge in [-0.25, -0.2) is 9.97 Å². The van der Waals surface area contributed by atoms with E-state index in [4.69, 9.17) is 4.98 Å². The van der Waals surface area contributed by atoms with E-state index in [-0.39, 0.29) is 0 Å². The van der Waals surface area contributed by atoms with Gasteiger partial charge in [-0.05, 0) is 56.2 Å². The van der Waals surface area contributed by atoms with Gasteiger partial charge in [0.25, 0.3) is 0 Å². The third kappa shape index (κ3) is 4.27. The van der Waals surface area contributed by atoms with Crippen molar-refractivity contribution in [2.45, 2.75) is 52.9 Å². The largest absolute Gasteiger partial charge is 0.317 e. The summed E-state index contributed by atoms with van der Waals surface area (Å²) in [5, 5.41) is 3.45. The normalized spacial score (nSPS) is 18.6. The molecule has 2 rings (SSSR count). The molecule has 0 aliphatic heterocycles. The van der Waals surface area contributed by atoms with Gasteiger partial charge in [0.05, 0.1) is 0 Å². The Balaban J connectivity index is 1.95. The highest BCUT2D eigenvalue weighted by atomic mass is 14.9. The predicted octanol–water partition coefficient (Wildman–Crippen LogP) is 2.78. The highest BCUT2D eigenvalue weighted by Crippen LogP contribution is 2.23. The summed E-state index contributed by atoms with van der Waals surface area (Å²) in [5.41, 5.74) is 2.68. The molecule has 1 aliphatic rings. The Kier molecular flexibility index (Phi) is 5.32. The van der Waals surface area contributed by atoms with Crippen LogP contribution in [-0.2, 0) is 19.3 Å². The van der Waals surface area contributed by atoms with Crippen LogP contribution in [0.4, 0.5) is 0 Å². The van der Waals surface area contributed by atoms with E-state index < -0.39 is 0 Å². The molecule has 0 fully saturated rings. The number of hydrogen-bond acceptors (Lipinski definition) is 3. The van der Waals surface area contributed by atoms with Crippen LogP contribution in [0, 0.1) is 11.8 Å². The highest BCUT2D eigenvalue weighted by Gasteiger charge is 2.20. The number of nitrogens with zero attached hydrogens (tertiary/aromatic N) is 2. The SMILES string of the molecule is CCNCC1CCc2nc(CCC(C)C)ncc2C1. The van der Waals surface area contributed by atoms with Gasteiger partial charge in [0, 0.05) is 18.3 Å². The first-order chi connectivity index (χ1) is 9.19. The van der Waals surface area contributed by atoms with Crippen LogP contribution in [0.2, 0.25) is 0 Å². The molecule has 0 saturated heterocycles. The summed E-state index contributed by atoms with van der Waals surface area (Å²) in [6.45, 7) is 8.87. The first-order valence-corrected chi connectivity index (χ1v) is 7.73. The minimum Gasteiger partial charge on any atom is -0.317 e. The Morgan fingerprint density at radius 2 is 2.26 bits per heavy atom. The van der Waals surface area contributed by atoms with Crippen LogP contribution in [0.25, 0.3) is 0 Å². The van der Waals surface area contributed by atoms with Crippen LogP contribution in [0.1, 0.15) is 50.7 Å². The Labute approximate surface area is 117 Å². The van der Waals surface area contributed by atoms with Gasteiger partial charge < -0.3 is 5.32 Å². The van der Waals surface area contributed by atoms with Gasteiger partial charge in [-0.1, -0.05) is 20.8 Å². The van der Waals surface area contributed by atoms with Gasteiger partial charge in [0.2, 0.25) is 0 Å². The summed E-state index contributed by atoms with van der Waals surface area (Å²) in [5.74, 6) is 2.53. The maximum Gasteiger partial charge on any atom is 0.128 e. The smallest absolute Gasteiger partial charge is 0.128 e. The number of aromatic nitrogens is 2. The van der Waals surface area contributed by atoms with Crippen LogP contribution in [-0.4, -0.2) is 23.1 Å². The lowest BCUT2D eigenvalue weighted by Crippen LogP contribution is -2.27. The third-order valence-corrected chi connectivity index (χ3v) is 3.93. The van der Waals surface area contributed by atoms with Gasteiger partial charge >= 0.3 is 0 Å². The summed E-state index contributed by atoms with van der Waals surface area (Å²) in [6, 6.07) is 0. The van der Waals surface area contributed by atoms with Gasteiger partial charge in [0.15, 0.2) is 0 Å². The number of nitrogens with one attached hydrogen (secondary N) is 1. The monoisotopic (exact) mass is 261 g/mol. The molecule has 0 saturated carbocycles. The van der Waals surface area contributed by atoms with Crippen LogP contribution in [0.3, 0.4) is 0 Å². The summed E-state index contributed by atoms with van der Waals surface area (Å²) < 4.78 is 0. The molecule has 19 heavy (non-hydrogen) atoms. The van der Waals surface area contributed by atoms with E-state index in [0.29, 0.717) is 0 Å². The van der Waals surface area contributed by atoms with Crippen molar-refractivity contribution in [2.75, 3.05) is 13.1 Å². The second kappa shape index (κ2) is 6.99.